The summed E-state index contributed by atoms with van der Waals surface area (Å²) < 4.78 is 13.1. The van der Waals surface area contributed by atoms with Crippen molar-refractivity contribution in [3.05, 3.63) is 42.4 Å². The van der Waals surface area contributed by atoms with Gasteiger partial charge in [0, 0.05) is 38.3 Å². The summed E-state index contributed by atoms with van der Waals surface area (Å²) in [5.74, 6) is 0.558. The first-order chi connectivity index (χ1) is 11.7. The zero-order valence-electron chi connectivity index (χ0n) is 13.7. The fourth-order valence-corrected chi connectivity index (χ4v) is 2.70. The Morgan fingerprint density at radius 1 is 1.50 bits per heavy atom. The third-order valence-corrected chi connectivity index (χ3v) is 3.95. The maximum Gasteiger partial charge on any atom is 0.220 e. The number of hydrogen-bond donors (Lipinski definition) is 1. The van der Waals surface area contributed by atoms with Crippen LogP contribution in [0.3, 0.4) is 0 Å². The second-order valence-corrected chi connectivity index (χ2v) is 5.88. The lowest BCUT2D eigenvalue weighted by Gasteiger charge is -2.32. The van der Waals surface area contributed by atoms with Crippen LogP contribution >= 0.6 is 0 Å². The molecule has 1 N–H and O–H groups in total. The van der Waals surface area contributed by atoms with E-state index in [1.807, 2.05) is 31.4 Å². The van der Waals surface area contributed by atoms with E-state index in [1.54, 1.807) is 17.1 Å². The fraction of sp³-hybridized carbons (Fsp3) is 0.471. The van der Waals surface area contributed by atoms with Crippen LogP contribution in [0.5, 0.6) is 5.88 Å². The Kier molecular flexibility index (Phi) is 5.43. The number of pyridine rings is 1. The van der Waals surface area contributed by atoms with E-state index in [-0.39, 0.29) is 18.1 Å². The highest BCUT2D eigenvalue weighted by molar-refractivity contribution is 5.76. The van der Waals surface area contributed by atoms with Gasteiger partial charge in [0.1, 0.15) is 6.10 Å². The average molecular weight is 330 g/mol. The molecule has 128 valence electrons. The van der Waals surface area contributed by atoms with Crippen LogP contribution in [0.25, 0.3) is 0 Å². The van der Waals surface area contributed by atoms with Crippen molar-refractivity contribution >= 4 is 5.91 Å². The Morgan fingerprint density at radius 2 is 2.42 bits per heavy atom. The van der Waals surface area contributed by atoms with Gasteiger partial charge in [-0.25, -0.2) is 4.98 Å². The van der Waals surface area contributed by atoms with Gasteiger partial charge in [0.05, 0.1) is 25.5 Å². The van der Waals surface area contributed by atoms with Crippen molar-refractivity contribution in [3.63, 3.8) is 0 Å². The monoisotopic (exact) mass is 330 g/mol. The van der Waals surface area contributed by atoms with Gasteiger partial charge in [0.25, 0.3) is 0 Å². The molecule has 2 unspecified atom stereocenters. The summed E-state index contributed by atoms with van der Waals surface area (Å²) in [6.45, 7) is 1.08. The van der Waals surface area contributed by atoms with Crippen molar-refractivity contribution in [1.82, 2.24) is 20.1 Å². The Hall–Kier alpha value is -2.41. The van der Waals surface area contributed by atoms with Crippen LogP contribution in [-0.4, -0.2) is 46.0 Å². The van der Waals surface area contributed by atoms with Crippen LogP contribution in [0.2, 0.25) is 0 Å². The van der Waals surface area contributed by atoms with Crippen LogP contribution < -0.4 is 10.1 Å². The molecular formula is C17H22N4O3. The number of carbonyl (C=O) groups is 1. The van der Waals surface area contributed by atoms with E-state index in [4.69, 9.17) is 9.47 Å². The predicted octanol–water partition coefficient (Wildman–Crippen LogP) is 1.10. The summed E-state index contributed by atoms with van der Waals surface area (Å²) in [6.07, 6.45) is 7.07. The molecule has 7 heteroatoms. The van der Waals surface area contributed by atoms with Gasteiger partial charge in [-0.05, 0) is 18.1 Å². The normalized spacial score (nSPS) is 20.5. The number of nitrogens with one attached hydrogen (secondary N) is 1. The lowest BCUT2D eigenvalue weighted by atomic mass is 10.1. The minimum atomic E-state index is -0.165. The standard InChI is InChI=1S/C17H22N4O3/c1-21-11-13(10-19-21)5-6-16(22)20-14-12-23-9-7-15(14)24-17-4-2-3-8-18-17/h2-4,8,10-11,14-15H,5-7,9,12H2,1H3,(H,20,22). The summed E-state index contributed by atoms with van der Waals surface area (Å²) in [4.78, 5) is 16.4. The number of ether oxygens (including phenoxy) is 2. The molecule has 3 heterocycles. The van der Waals surface area contributed by atoms with E-state index < -0.39 is 0 Å². The van der Waals surface area contributed by atoms with E-state index in [1.165, 1.54) is 0 Å². The molecule has 0 aromatic carbocycles. The van der Waals surface area contributed by atoms with Crippen molar-refractivity contribution in [2.75, 3.05) is 13.2 Å². The number of rotatable bonds is 6. The molecule has 2 atom stereocenters. The van der Waals surface area contributed by atoms with E-state index in [0.29, 0.717) is 31.9 Å². The molecule has 1 amide bonds. The molecule has 0 bridgehead atoms. The first-order valence-corrected chi connectivity index (χ1v) is 8.13. The maximum atomic E-state index is 12.2. The third kappa shape index (κ3) is 4.55. The highest BCUT2D eigenvalue weighted by atomic mass is 16.5. The number of aryl methyl sites for hydroxylation is 2. The molecule has 1 fully saturated rings. The van der Waals surface area contributed by atoms with Crippen molar-refractivity contribution in [1.29, 1.82) is 0 Å². The average Bonchev–Trinajstić information content (AvgIpc) is 3.01. The number of amides is 1. The van der Waals surface area contributed by atoms with Crippen LogP contribution in [0.4, 0.5) is 0 Å². The quantitative estimate of drug-likeness (QED) is 0.858. The summed E-state index contributed by atoms with van der Waals surface area (Å²) in [7, 11) is 1.86. The van der Waals surface area contributed by atoms with E-state index in [9.17, 15) is 4.79 Å². The Balaban J connectivity index is 1.52. The van der Waals surface area contributed by atoms with Crippen LogP contribution in [-0.2, 0) is 23.0 Å². The van der Waals surface area contributed by atoms with E-state index in [0.717, 1.165) is 12.0 Å². The molecule has 0 radical (unpaired) electrons. The molecule has 24 heavy (non-hydrogen) atoms. The minimum absolute atomic E-state index is 0.0102. The van der Waals surface area contributed by atoms with Gasteiger partial charge < -0.3 is 14.8 Å². The Morgan fingerprint density at radius 3 is 3.17 bits per heavy atom. The summed E-state index contributed by atoms with van der Waals surface area (Å²) in [5, 5.41) is 7.13. The molecule has 0 saturated carbocycles. The molecule has 0 spiro atoms. The molecule has 1 saturated heterocycles. The lowest BCUT2D eigenvalue weighted by Crippen LogP contribution is -2.51. The smallest absolute Gasteiger partial charge is 0.220 e. The van der Waals surface area contributed by atoms with E-state index in [2.05, 4.69) is 15.4 Å². The first-order valence-electron chi connectivity index (χ1n) is 8.13. The molecule has 0 aliphatic carbocycles. The van der Waals surface area contributed by atoms with Gasteiger partial charge in [0.15, 0.2) is 0 Å². The Bertz CT molecular complexity index is 659. The number of hydrogen-bond acceptors (Lipinski definition) is 5. The SMILES string of the molecule is Cn1cc(CCC(=O)NC2COCCC2Oc2ccccn2)cn1. The van der Waals surface area contributed by atoms with Gasteiger partial charge >= 0.3 is 0 Å². The summed E-state index contributed by atoms with van der Waals surface area (Å²) in [5.41, 5.74) is 1.05. The van der Waals surface area contributed by atoms with Crippen molar-refractivity contribution in [3.8, 4) is 5.88 Å². The first kappa shape index (κ1) is 16.4. The number of aromatic nitrogens is 3. The van der Waals surface area contributed by atoms with Crippen molar-refractivity contribution in [2.45, 2.75) is 31.4 Å². The van der Waals surface area contributed by atoms with Gasteiger partial charge in [-0.2, -0.15) is 5.10 Å². The largest absolute Gasteiger partial charge is 0.472 e. The molecule has 1 aliphatic rings. The van der Waals surface area contributed by atoms with Gasteiger partial charge in [-0.1, -0.05) is 6.07 Å². The molecule has 2 aromatic heterocycles. The molecular weight excluding hydrogens is 308 g/mol. The van der Waals surface area contributed by atoms with Crippen LogP contribution in [0.15, 0.2) is 36.8 Å². The Labute approximate surface area is 141 Å². The van der Waals surface area contributed by atoms with Crippen molar-refractivity contribution in [2.24, 2.45) is 7.05 Å². The highest BCUT2D eigenvalue weighted by Gasteiger charge is 2.29. The van der Waals surface area contributed by atoms with Crippen LogP contribution in [0.1, 0.15) is 18.4 Å². The second-order valence-electron chi connectivity index (χ2n) is 5.88. The van der Waals surface area contributed by atoms with Gasteiger partial charge in [-0.15, -0.1) is 0 Å². The zero-order valence-corrected chi connectivity index (χ0v) is 13.7. The molecule has 3 rings (SSSR count). The molecule has 7 nitrogen and oxygen atoms in total. The topological polar surface area (TPSA) is 78.3 Å². The second kappa shape index (κ2) is 7.92. The highest BCUT2D eigenvalue weighted by Crippen LogP contribution is 2.16. The maximum absolute atomic E-state index is 12.2. The molecule has 2 aromatic rings. The third-order valence-electron chi connectivity index (χ3n) is 3.95. The molecule has 1 aliphatic heterocycles. The van der Waals surface area contributed by atoms with Gasteiger partial charge in [0.2, 0.25) is 11.8 Å². The predicted molar refractivity (Wildman–Crippen MR) is 87.5 cm³/mol. The van der Waals surface area contributed by atoms with Crippen LogP contribution in [0, 0.1) is 0 Å². The lowest BCUT2D eigenvalue weighted by molar-refractivity contribution is -0.124. The van der Waals surface area contributed by atoms with Gasteiger partial charge in [-0.3, -0.25) is 9.48 Å². The fourth-order valence-electron chi connectivity index (χ4n) is 2.70. The summed E-state index contributed by atoms with van der Waals surface area (Å²) in [6, 6.07) is 5.37. The van der Waals surface area contributed by atoms with Crippen molar-refractivity contribution < 1.29 is 14.3 Å². The summed E-state index contributed by atoms with van der Waals surface area (Å²) >= 11 is 0. The number of carbonyl (C=O) groups excluding carboxylic acids is 1. The van der Waals surface area contributed by atoms with E-state index >= 15 is 0 Å². The number of nitrogens with zero attached hydrogens (tertiary/aromatic N) is 3. The zero-order chi connectivity index (χ0) is 16.8. The minimum Gasteiger partial charge on any atom is -0.472 e.